The third kappa shape index (κ3) is 6.06. The molecule has 7 heteroatoms. The topological polar surface area (TPSA) is 44.2 Å². The first-order valence-electron chi connectivity index (χ1n) is 12.7. The van der Waals surface area contributed by atoms with Crippen LogP contribution in [0.5, 0.6) is 0 Å². The summed E-state index contributed by atoms with van der Waals surface area (Å²) in [6, 6.07) is 14.6. The van der Waals surface area contributed by atoms with Crippen molar-refractivity contribution in [2.75, 3.05) is 26.4 Å². The molecule has 0 N–H and O–H groups in total. The van der Waals surface area contributed by atoms with Crippen molar-refractivity contribution in [3.05, 3.63) is 88.2 Å². The monoisotopic (exact) mass is 566 g/mol. The molecular formula is C30H29BrF2N2O2. The second-order valence-corrected chi connectivity index (χ2v) is 10.4. The quantitative estimate of drug-likeness (QED) is 0.252. The molecule has 0 spiro atoms. The summed E-state index contributed by atoms with van der Waals surface area (Å²) in [6.07, 6.45) is 5.51. The molecule has 4 heterocycles. The zero-order chi connectivity index (χ0) is 25.8. The highest BCUT2D eigenvalue weighted by Gasteiger charge is 2.19. The van der Waals surface area contributed by atoms with Crippen LogP contribution in [0.1, 0.15) is 54.5 Å². The molecule has 2 fully saturated rings. The lowest BCUT2D eigenvalue weighted by Gasteiger charge is -2.21. The van der Waals surface area contributed by atoms with Crippen LogP contribution in [-0.2, 0) is 9.47 Å². The maximum absolute atomic E-state index is 14.0. The molecule has 2 aromatic carbocycles. The highest BCUT2D eigenvalue weighted by molar-refractivity contribution is 9.10. The Hall–Kier alpha value is -2.74. The minimum Gasteiger partial charge on any atom is -0.381 e. The Labute approximate surface area is 223 Å². The second-order valence-electron chi connectivity index (χ2n) is 9.48. The predicted molar refractivity (Wildman–Crippen MR) is 147 cm³/mol. The number of benzene rings is 2. The van der Waals surface area contributed by atoms with E-state index in [1.165, 1.54) is 12.1 Å². The Balaban J connectivity index is 0.000000152. The predicted octanol–water partition coefficient (Wildman–Crippen LogP) is 7.94. The van der Waals surface area contributed by atoms with E-state index >= 15 is 0 Å². The number of hydrogen-bond acceptors (Lipinski definition) is 4. The van der Waals surface area contributed by atoms with Crippen LogP contribution in [0.25, 0.3) is 27.9 Å². The van der Waals surface area contributed by atoms with Gasteiger partial charge in [-0.3, -0.25) is 0 Å². The van der Waals surface area contributed by atoms with Gasteiger partial charge in [0.2, 0.25) is 0 Å². The van der Waals surface area contributed by atoms with E-state index in [0.29, 0.717) is 22.9 Å². The number of rotatable bonds is 3. The van der Waals surface area contributed by atoms with Gasteiger partial charge in [-0.2, -0.15) is 0 Å². The Bertz CT molecular complexity index is 1420. The van der Waals surface area contributed by atoms with Crippen molar-refractivity contribution in [2.45, 2.75) is 37.5 Å². The van der Waals surface area contributed by atoms with Gasteiger partial charge in [0.15, 0.2) is 5.82 Å². The van der Waals surface area contributed by atoms with E-state index in [1.807, 2.05) is 36.4 Å². The summed E-state index contributed by atoms with van der Waals surface area (Å²) < 4.78 is 39.4. The van der Waals surface area contributed by atoms with Crippen LogP contribution < -0.4 is 0 Å². The highest BCUT2D eigenvalue weighted by Crippen LogP contribution is 2.30. The molecule has 0 aliphatic carbocycles. The van der Waals surface area contributed by atoms with E-state index in [-0.39, 0.29) is 11.6 Å². The number of halogens is 3. The summed E-state index contributed by atoms with van der Waals surface area (Å²) in [5.74, 6) is 0.234. The number of aromatic nitrogens is 2. The summed E-state index contributed by atoms with van der Waals surface area (Å²) in [6.45, 7) is 6.74. The standard InChI is InChI=1S/C16H16FNO.C14H13BrFNO/c1-2-11-9-13-3-4-15(12-5-7-19-8-6-12)18-16(13)14(17)10-11;15-11-7-10-1-2-13(9-3-5-18-6-4-9)17-14(10)12(16)8-11/h2-4,9-10,12H,1,5-8H2;1-2,7-9H,3-6H2. The third-order valence-electron chi connectivity index (χ3n) is 7.04. The summed E-state index contributed by atoms with van der Waals surface area (Å²) >= 11 is 3.29. The number of fused-ring (bicyclic) bond motifs is 2. The Morgan fingerprint density at radius 2 is 1.22 bits per heavy atom. The number of ether oxygens (including phenoxy) is 2. The minimum atomic E-state index is -0.277. The minimum absolute atomic E-state index is 0.270. The molecule has 2 aliphatic rings. The van der Waals surface area contributed by atoms with Crippen LogP contribution in [0.3, 0.4) is 0 Å². The molecule has 2 aliphatic heterocycles. The SMILES string of the molecule is C=Cc1cc(F)c2nc(C3CCOCC3)ccc2c1.Fc1cc(Br)cc2ccc(C3CCOCC3)nc12. The molecule has 4 nitrogen and oxygen atoms in total. The molecule has 0 atom stereocenters. The molecule has 2 aromatic heterocycles. The molecule has 37 heavy (non-hydrogen) atoms. The molecule has 0 unspecified atom stereocenters. The Kier molecular flexibility index (Phi) is 8.23. The van der Waals surface area contributed by atoms with Crippen LogP contribution in [0.2, 0.25) is 0 Å². The first kappa shape index (κ1) is 25.9. The van der Waals surface area contributed by atoms with Crippen molar-refractivity contribution in [3.8, 4) is 0 Å². The fourth-order valence-corrected chi connectivity index (χ4v) is 5.41. The fraction of sp³-hybridized carbons (Fsp3) is 0.333. The van der Waals surface area contributed by atoms with E-state index in [2.05, 4.69) is 32.5 Å². The van der Waals surface area contributed by atoms with Crippen LogP contribution in [0.15, 0.2) is 59.6 Å². The van der Waals surface area contributed by atoms with Crippen molar-refractivity contribution in [3.63, 3.8) is 0 Å². The lowest BCUT2D eigenvalue weighted by atomic mass is 9.95. The van der Waals surface area contributed by atoms with Gasteiger partial charge in [0.1, 0.15) is 16.9 Å². The van der Waals surface area contributed by atoms with Gasteiger partial charge in [0.25, 0.3) is 0 Å². The zero-order valence-corrected chi connectivity index (χ0v) is 22.1. The Morgan fingerprint density at radius 3 is 1.73 bits per heavy atom. The summed E-state index contributed by atoms with van der Waals surface area (Å²) in [5.41, 5.74) is 3.65. The van der Waals surface area contributed by atoms with Gasteiger partial charge in [-0.1, -0.05) is 40.7 Å². The molecule has 0 amide bonds. The van der Waals surface area contributed by atoms with Crippen LogP contribution in [-0.4, -0.2) is 36.4 Å². The smallest absolute Gasteiger partial charge is 0.150 e. The lowest BCUT2D eigenvalue weighted by Crippen LogP contribution is -2.15. The largest absolute Gasteiger partial charge is 0.381 e. The van der Waals surface area contributed by atoms with Gasteiger partial charge in [0, 0.05) is 64.9 Å². The van der Waals surface area contributed by atoms with E-state index in [4.69, 9.17) is 9.47 Å². The van der Waals surface area contributed by atoms with Gasteiger partial charge in [-0.15, -0.1) is 0 Å². The molecule has 192 valence electrons. The first-order chi connectivity index (χ1) is 18.0. The highest BCUT2D eigenvalue weighted by atomic mass is 79.9. The van der Waals surface area contributed by atoms with E-state index in [9.17, 15) is 8.78 Å². The fourth-order valence-electron chi connectivity index (χ4n) is 4.96. The van der Waals surface area contributed by atoms with Crippen LogP contribution in [0.4, 0.5) is 8.78 Å². The Morgan fingerprint density at radius 1 is 0.730 bits per heavy atom. The van der Waals surface area contributed by atoms with Crippen LogP contribution >= 0.6 is 15.9 Å². The van der Waals surface area contributed by atoms with Gasteiger partial charge < -0.3 is 9.47 Å². The summed E-state index contributed by atoms with van der Waals surface area (Å²) in [4.78, 5) is 9.00. The van der Waals surface area contributed by atoms with Gasteiger partial charge >= 0.3 is 0 Å². The molecule has 0 saturated carbocycles. The van der Waals surface area contributed by atoms with Crippen molar-refractivity contribution in [1.82, 2.24) is 9.97 Å². The van der Waals surface area contributed by atoms with E-state index in [1.54, 1.807) is 6.08 Å². The maximum Gasteiger partial charge on any atom is 0.150 e. The van der Waals surface area contributed by atoms with Crippen molar-refractivity contribution in [2.24, 2.45) is 0 Å². The van der Waals surface area contributed by atoms with Crippen molar-refractivity contribution >= 4 is 43.8 Å². The lowest BCUT2D eigenvalue weighted by molar-refractivity contribution is 0.0845. The van der Waals surface area contributed by atoms with Gasteiger partial charge in [-0.25, -0.2) is 18.7 Å². The van der Waals surface area contributed by atoms with Crippen molar-refractivity contribution < 1.29 is 18.3 Å². The number of hydrogen-bond donors (Lipinski definition) is 0. The van der Waals surface area contributed by atoms with E-state index in [0.717, 1.165) is 84.3 Å². The second kappa shape index (κ2) is 11.8. The third-order valence-corrected chi connectivity index (χ3v) is 7.49. The molecular weight excluding hydrogens is 538 g/mol. The van der Waals surface area contributed by atoms with Crippen molar-refractivity contribution in [1.29, 1.82) is 0 Å². The first-order valence-corrected chi connectivity index (χ1v) is 13.4. The number of pyridine rings is 2. The molecule has 2 saturated heterocycles. The van der Waals surface area contributed by atoms with Crippen LogP contribution in [0, 0.1) is 11.6 Å². The normalized spacial score (nSPS) is 16.9. The van der Waals surface area contributed by atoms with Gasteiger partial charge in [-0.05, 0) is 67.6 Å². The number of nitrogens with zero attached hydrogens (tertiary/aromatic N) is 2. The van der Waals surface area contributed by atoms with E-state index < -0.39 is 0 Å². The molecule has 0 radical (unpaired) electrons. The average Bonchev–Trinajstić information content (AvgIpc) is 2.94. The maximum atomic E-state index is 14.0. The van der Waals surface area contributed by atoms with Gasteiger partial charge in [0.05, 0.1) is 0 Å². The molecule has 6 rings (SSSR count). The molecule has 0 bridgehead atoms. The average molecular weight is 567 g/mol. The summed E-state index contributed by atoms with van der Waals surface area (Å²) in [7, 11) is 0. The summed E-state index contributed by atoms with van der Waals surface area (Å²) in [5, 5.41) is 1.66. The molecule has 4 aromatic rings. The zero-order valence-electron chi connectivity index (χ0n) is 20.6.